The highest BCUT2D eigenvalue weighted by molar-refractivity contribution is 6.34. The lowest BCUT2D eigenvalue weighted by molar-refractivity contribution is -0.465. The molecule has 1 aliphatic carbocycles. The van der Waals surface area contributed by atoms with Crippen LogP contribution in [-0.2, 0) is 10.3 Å². The lowest BCUT2D eigenvalue weighted by atomic mass is 10.0. The van der Waals surface area contributed by atoms with Crippen LogP contribution in [0.3, 0.4) is 0 Å². The van der Waals surface area contributed by atoms with Gasteiger partial charge in [-0.3, -0.25) is 19.7 Å². The molecular weight excluding hydrogens is 379 g/mol. The standard InChI is InChI=1S/C18H14Cl2N2O4/c19-13-3-1-12(2-4-13)18(7-8-18)21(11-23)14-5-6-15(16(20)9-14)17(24)10-22(25)26/h1-6,9,11H,7-8,10H2. The van der Waals surface area contributed by atoms with E-state index >= 15 is 0 Å². The Morgan fingerprint density at radius 3 is 2.35 bits per heavy atom. The molecule has 0 unspecified atom stereocenters. The van der Waals surface area contributed by atoms with Gasteiger partial charge in [0.15, 0.2) is 0 Å². The number of nitro groups is 1. The number of ketones is 1. The molecule has 8 heteroatoms. The molecule has 6 nitrogen and oxygen atoms in total. The average Bonchev–Trinajstić information content (AvgIpc) is 3.37. The summed E-state index contributed by atoms with van der Waals surface area (Å²) in [7, 11) is 0. The first kappa shape index (κ1) is 18.4. The molecule has 1 fully saturated rings. The molecule has 134 valence electrons. The number of Topliss-reactive ketones (excluding diaryl/α,β-unsaturated/α-hetero) is 1. The maximum Gasteiger partial charge on any atom is 0.265 e. The average molecular weight is 393 g/mol. The summed E-state index contributed by atoms with van der Waals surface area (Å²) in [6, 6.07) is 11.8. The van der Waals surface area contributed by atoms with Crippen molar-refractivity contribution in [2.75, 3.05) is 11.4 Å². The largest absolute Gasteiger partial charge is 0.305 e. The summed E-state index contributed by atoms with van der Waals surface area (Å²) in [6.45, 7) is -0.828. The normalized spacial score (nSPS) is 14.5. The molecule has 26 heavy (non-hydrogen) atoms. The maximum atomic E-state index is 11.9. The van der Waals surface area contributed by atoms with Crippen molar-refractivity contribution in [3.63, 3.8) is 0 Å². The summed E-state index contributed by atoms with van der Waals surface area (Å²) in [5.41, 5.74) is 1.07. The van der Waals surface area contributed by atoms with Crippen molar-refractivity contribution in [2.24, 2.45) is 0 Å². The third kappa shape index (κ3) is 3.43. The maximum absolute atomic E-state index is 11.9. The van der Waals surface area contributed by atoms with Crippen LogP contribution in [0.4, 0.5) is 5.69 Å². The van der Waals surface area contributed by atoms with E-state index in [4.69, 9.17) is 23.2 Å². The topological polar surface area (TPSA) is 80.5 Å². The van der Waals surface area contributed by atoms with Crippen LogP contribution >= 0.6 is 23.2 Å². The molecule has 0 bridgehead atoms. The summed E-state index contributed by atoms with van der Waals surface area (Å²) in [5.74, 6) is -0.678. The van der Waals surface area contributed by atoms with Gasteiger partial charge < -0.3 is 4.90 Å². The predicted molar refractivity (Wildman–Crippen MR) is 98.6 cm³/mol. The number of amides is 1. The van der Waals surface area contributed by atoms with Crippen LogP contribution in [0.5, 0.6) is 0 Å². The number of carbonyl (C=O) groups excluding carboxylic acids is 2. The number of rotatable bonds is 7. The van der Waals surface area contributed by atoms with Gasteiger partial charge in [0.05, 0.1) is 10.6 Å². The second-order valence-corrected chi connectivity index (χ2v) is 6.94. The molecule has 0 spiro atoms. The Balaban J connectivity index is 1.93. The Labute approximate surface area is 159 Å². The van der Waals surface area contributed by atoms with Crippen molar-refractivity contribution in [1.29, 1.82) is 0 Å². The molecule has 0 N–H and O–H groups in total. The summed E-state index contributed by atoms with van der Waals surface area (Å²) in [4.78, 5) is 35.1. The number of benzene rings is 2. The van der Waals surface area contributed by atoms with Gasteiger partial charge in [0.25, 0.3) is 6.54 Å². The molecule has 1 amide bonds. The predicted octanol–water partition coefficient (Wildman–Crippen LogP) is 4.10. The fraction of sp³-hybridized carbons (Fsp3) is 0.222. The van der Waals surface area contributed by atoms with Crippen LogP contribution in [0.25, 0.3) is 0 Å². The van der Waals surface area contributed by atoms with E-state index in [1.54, 1.807) is 23.1 Å². The fourth-order valence-electron chi connectivity index (χ4n) is 3.04. The van der Waals surface area contributed by atoms with Gasteiger partial charge in [0, 0.05) is 21.2 Å². The highest BCUT2D eigenvalue weighted by Crippen LogP contribution is 2.52. The molecule has 0 aliphatic heterocycles. The second kappa shape index (κ2) is 7.05. The van der Waals surface area contributed by atoms with Crippen LogP contribution in [-0.4, -0.2) is 23.7 Å². The van der Waals surface area contributed by atoms with Gasteiger partial charge in [-0.05, 0) is 48.7 Å². The molecule has 1 saturated carbocycles. The van der Waals surface area contributed by atoms with E-state index in [0.717, 1.165) is 24.8 Å². The smallest absolute Gasteiger partial charge is 0.265 e. The third-order valence-corrected chi connectivity index (χ3v) is 5.04. The van der Waals surface area contributed by atoms with E-state index in [9.17, 15) is 19.7 Å². The number of nitrogens with zero attached hydrogens (tertiary/aromatic N) is 2. The van der Waals surface area contributed by atoms with Gasteiger partial charge in [0.1, 0.15) is 0 Å². The Morgan fingerprint density at radius 1 is 1.19 bits per heavy atom. The SMILES string of the molecule is O=CN(c1ccc(C(=O)C[N+](=O)[O-])c(Cl)c1)C1(c2ccc(Cl)cc2)CC1. The van der Waals surface area contributed by atoms with Crippen molar-refractivity contribution in [1.82, 2.24) is 0 Å². The van der Waals surface area contributed by atoms with Crippen LogP contribution in [0.15, 0.2) is 42.5 Å². The lowest BCUT2D eigenvalue weighted by Gasteiger charge is -2.29. The fourth-order valence-corrected chi connectivity index (χ4v) is 3.44. The van der Waals surface area contributed by atoms with E-state index < -0.39 is 22.8 Å². The number of halogens is 2. The Kier molecular flexibility index (Phi) is 4.98. The Morgan fingerprint density at radius 2 is 1.85 bits per heavy atom. The molecule has 0 aromatic heterocycles. The van der Waals surface area contributed by atoms with Crippen molar-refractivity contribution >= 4 is 41.1 Å². The quantitative estimate of drug-likeness (QED) is 0.307. The van der Waals surface area contributed by atoms with Crippen molar-refractivity contribution in [3.8, 4) is 0 Å². The summed E-state index contributed by atoms with van der Waals surface area (Å²) < 4.78 is 0. The van der Waals surface area contributed by atoms with E-state index in [-0.39, 0.29) is 10.6 Å². The minimum Gasteiger partial charge on any atom is -0.305 e. The van der Waals surface area contributed by atoms with Gasteiger partial charge in [-0.2, -0.15) is 0 Å². The first-order valence-corrected chi connectivity index (χ1v) is 8.58. The third-order valence-electron chi connectivity index (χ3n) is 4.48. The van der Waals surface area contributed by atoms with Crippen LogP contribution < -0.4 is 4.90 Å². The molecule has 0 radical (unpaired) electrons. The van der Waals surface area contributed by atoms with Gasteiger partial charge >= 0.3 is 0 Å². The Hall–Kier alpha value is -2.44. The van der Waals surface area contributed by atoms with Gasteiger partial charge in [0.2, 0.25) is 12.2 Å². The van der Waals surface area contributed by atoms with E-state index in [1.165, 1.54) is 12.1 Å². The number of hydrogen-bond acceptors (Lipinski definition) is 4. The van der Waals surface area contributed by atoms with Crippen molar-refractivity contribution in [2.45, 2.75) is 18.4 Å². The molecule has 3 rings (SSSR count). The van der Waals surface area contributed by atoms with Crippen molar-refractivity contribution < 1.29 is 14.5 Å². The molecule has 0 heterocycles. The van der Waals surface area contributed by atoms with Gasteiger partial charge in [-0.15, -0.1) is 0 Å². The first-order valence-electron chi connectivity index (χ1n) is 7.82. The summed E-state index contributed by atoms with van der Waals surface area (Å²) in [5, 5.41) is 11.2. The number of hydrogen-bond donors (Lipinski definition) is 0. The van der Waals surface area contributed by atoms with E-state index in [2.05, 4.69) is 0 Å². The lowest BCUT2D eigenvalue weighted by Crippen LogP contribution is -2.34. The van der Waals surface area contributed by atoms with E-state index in [1.807, 2.05) is 12.1 Å². The minimum atomic E-state index is -0.828. The van der Waals surface area contributed by atoms with Gasteiger partial charge in [-0.25, -0.2) is 0 Å². The molecule has 2 aromatic rings. The van der Waals surface area contributed by atoms with Crippen LogP contribution in [0.2, 0.25) is 10.0 Å². The minimum absolute atomic E-state index is 0.0642. The van der Waals surface area contributed by atoms with Crippen molar-refractivity contribution in [3.05, 3.63) is 73.8 Å². The summed E-state index contributed by atoms with van der Waals surface area (Å²) >= 11 is 12.1. The number of carbonyl (C=O) groups is 2. The molecule has 2 aromatic carbocycles. The zero-order valence-electron chi connectivity index (χ0n) is 13.5. The zero-order chi connectivity index (χ0) is 18.9. The summed E-state index contributed by atoms with van der Waals surface area (Å²) in [6.07, 6.45) is 2.30. The highest BCUT2D eigenvalue weighted by Gasteiger charge is 2.50. The second-order valence-electron chi connectivity index (χ2n) is 6.09. The molecule has 0 atom stereocenters. The number of anilines is 1. The van der Waals surface area contributed by atoms with Crippen LogP contribution in [0.1, 0.15) is 28.8 Å². The highest BCUT2D eigenvalue weighted by atomic mass is 35.5. The van der Waals surface area contributed by atoms with Gasteiger partial charge in [-0.1, -0.05) is 35.3 Å². The first-order chi connectivity index (χ1) is 12.4. The van der Waals surface area contributed by atoms with E-state index in [0.29, 0.717) is 10.7 Å². The molecule has 1 aliphatic rings. The molecule has 0 saturated heterocycles. The zero-order valence-corrected chi connectivity index (χ0v) is 15.0. The Bertz CT molecular complexity index is 879. The molecular formula is C18H14Cl2N2O4. The monoisotopic (exact) mass is 392 g/mol. The van der Waals surface area contributed by atoms with Crippen LogP contribution in [0, 0.1) is 10.1 Å².